The number of rotatable bonds is 8. The third-order valence-corrected chi connectivity index (χ3v) is 2.84. The molecule has 0 radical (unpaired) electrons. The maximum Gasteiger partial charge on any atom is 0.155 e. The van der Waals surface area contributed by atoms with Gasteiger partial charge in [0.1, 0.15) is 5.82 Å². The Morgan fingerprint density at radius 2 is 1.88 bits per heavy atom. The summed E-state index contributed by atoms with van der Waals surface area (Å²) in [4.78, 5) is 8.21. The van der Waals surface area contributed by atoms with Crippen LogP contribution < -0.4 is 4.74 Å². The standard InChI is InChI=1S/C14H24N2O/c1-4-5-6-7-8-12(2)11-17-14-9-15-13(3)16-10-14/h9-10,12H,4-8,11H2,1-3H3. The van der Waals surface area contributed by atoms with Gasteiger partial charge in [-0.25, -0.2) is 9.97 Å². The molecule has 0 amide bonds. The number of aryl methyl sites for hydroxylation is 1. The summed E-state index contributed by atoms with van der Waals surface area (Å²) in [6.07, 6.45) is 10.0. The van der Waals surface area contributed by atoms with Crippen LogP contribution in [0, 0.1) is 12.8 Å². The molecule has 1 unspecified atom stereocenters. The van der Waals surface area contributed by atoms with Gasteiger partial charge in [-0.1, -0.05) is 39.5 Å². The lowest BCUT2D eigenvalue weighted by atomic mass is 10.0. The molecule has 1 aromatic heterocycles. The van der Waals surface area contributed by atoms with Crippen molar-refractivity contribution in [1.82, 2.24) is 9.97 Å². The summed E-state index contributed by atoms with van der Waals surface area (Å²) < 4.78 is 5.65. The van der Waals surface area contributed by atoms with Crippen LogP contribution in [-0.2, 0) is 0 Å². The zero-order valence-electron chi connectivity index (χ0n) is 11.3. The molecule has 1 rings (SSSR count). The van der Waals surface area contributed by atoms with E-state index < -0.39 is 0 Å². The van der Waals surface area contributed by atoms with E-state index in [2.05, 4.69) is 23.8 Å². The first-order valence-electron chi connectivity index (χ1n) is 6.63. The van der Waals surface area contributed by atoms with E-state index in [4.69, 9.17) is 4.74 Å². The molecule has 0 fully saturated rings. The minimum atomic E-state index is 0.605. The van der Waals surface area contributed by atoms with Crippen LogP contribution in [0.4, 0.5) is 0 Å². The van der Waals surface area contributed by atoms with Crippen LogP contribution in [0.2, 0.25) is 0 Å². The quantitative estimate of drug-likeness (QED) is 0.644. The average Bonchev–Trinajstić information content (AvgIpc) is 2.34. The van der Waals surface area contributed by atoms with Gasteiger partial charge in [-0.05, 0) is 19.3 Å². The summed E-state index contributed by atoms with van der Waals surface area (Å²) in [5.41, 5.74) is 0. The summed E-state index contributed by atoms with van der Waals surface area (Å²) in [6, 6.07) is 0. The molecule has 0 saturated heterocycles. The number of ether oxygens (including phenoxy) is 1. The van der Waals surface area contributed by atoms with E-state index in [0.29, 0.717) is 5.92 Å². The third kappa shape index (κ3) is 6.25. The van der Waals surface area contributed by atoms with Gasteiger partial charge in [0.25, 0.3) is 0 Å². The van der Waals surface area contributed by atoms with Gasteiger partial charge in [0.15, 0.2) is 5.75 Å². The largest absolute Gasteiger partial charge is 0.490 e. The molecule has 1 atom stereocenters. The minimum absolute atomic E-state index is 0.605. The van der Waals surface area contributed by atoms with Crippen molar-refractivity contribution in [1.29, 1.82) is 0 Å². The number of nitrogens with zero attached hydrogens (tertiary/aromatic N) is 2. The van der Waals surface area contributed by atoms with E-state index in [1.165, 1.54) is 32.1 Å². The van der Waals surface area contributed by atoms with Crippen LogP contribution in [-0.4, -0.2) is 16.6 Å². The molecular formula is C14H24N2O. The maximum absolute atomic E-state index is 5.65. The van der Waals surface area contributed by atoms with Crippen molar-refractivity contribution in [2.45, 2.75) is 52.9 Å². The highest BCUT2D eigenvalue weighted by Crippen LogP contribution is 2.13. The second-order valence-electron chi connectivity index (χ2n) is 4.73. The van der Waals surface area contributed by atoms with Crippen molar-refractivity contribution in [3.63, 3.8) is 0 Å². The molecule has 1 heterocycles. The Hall–Kier alpha value is -1.12. The van der Waals surface area contributed by atoms with E-state index in [1.807, 2.05) is 6.92 Å². The van der Waals surface area contributed by atoms with Gasteiger partial charge in [-0.2, -0.15) is 0 Å². The Bertz CT molecular complexity index is 298. The molecule has 96 valence electrons. The highest BCUT2D eigenvalue weighted by Gasteiger charge is 2.03. The molecule has 0 aromatic carbocycles. The van der Waals surface area contributed by atoms with Crippen molar-refractivity contribution in [2.24, 2.45) is 5.92 Å². The van der Waals surface area contributed by atoms with E-state index in [9.17, 15) is 0 Å². The molecular weight excluding hydrogens is 212 g/mol. The molecule has 0 N–H and O–H groups in total. The molecule has 17 heavy (non-hydrogen) atoms. The van der Waals surface area contributed by atoms with Crippen LogP contribution in [0.3, 0.4) is 0 Å². The topological polar surface area (TPSA) is 35.0 Å². The van der Waals surface area contributed by atoms with Gasteiger partial charge in [-0.3, -0.25) is 0 Å². The van der Waals surface area contributed by atoms with Gasteiger partial charge in [0, 0.05) is 0 Å². The van der Waals surface area contributed by atoms with Gasteiger partial charge >= 0.3 is 0 Å². The molecule has 0 aliphatic rings. The SMILES string of the molecule is CCCCCCC(C)COc1cnc(C)nc1. The lowest BCUT2D eigenvalue weighted by molar-refractivity contribution is 0.247. The summed E-state index contributed by atoms with van der Waals surface area (Å²) in [5, 5.41) is 0. The fourth-order valence-electron chi connectivity index (χ4n) is 1.70. The summed E-state index contributed by atoms with van der Waals surface area (Å²) in [7, 11) is 0. The fraction of sp³-hybridized carbons (Fsp3) is 0.714. The molecule has 0 saturated carbocycles. The van der Waals surface area contributed by atoms with Gasteiger partial charge in [0.2, 0.25) is 0 Å². The molecule has 3 nitrogen and oxygen atoms in total. The predicted molar refractivity (Wildman–Crippen MR) is 70.2 cm³/mol. The maximum atomic E-state index is 5.65. The van der Waals surface area contributed by atoms with Crippen LogP contribution >= 0.6 is 0 Å². The lowest BCUT2D eigenvalue weighted by Gasteiger charge is -2.12. The Morgan fingerprint density at radius 1 is 1.18 bits per heavy atom. The van der Waals surface area contributed by atoms with E-state index in [0.717, 1.165) is 18.2 Å². The van der Waals surface area contributed by atoms with Crippen molar-refractivity contribution in [3.8, 4) is 5.75 Å². The Kier molecular flexibility index (Phi) is 6.60. The highest BCUT2D eigenvalue weighted by atomic mass is 16.5. The summed E-state index contributed by atoms with van der Waals surface area (Å²) >= 11 is 0. The smallest absolute Gasteiger partial charge is 0.155 e. The van der Waals surface area contributed by atoms with Gasteiger partial charge < -0.3 is 4.74 Å². The Morgan fingerprint density at radius 3 is 2.53 bits per heavy atom. The van der Waals surface area contributed by atoms with Crippen LogP contribution in [0.25, 0.3) is 0 Å². The van der Waals surface area contributed by atoms with Gasteiger partial charge in [0.05, 0.1) is 19.0 Å². The number of hydrogen-bond acceptors (Lipinski definition) is 3. The van der Waals surface area contributed by atoms with Gasteiger partial charge in [-0.15, -0.1) is 0 Å². The number of aromatic nitrogens is 2. The number of unbranched alkanes of at least 4 members (excludes halogenated alkanes) is 3. The van der Waals surface area contributed by atoms with Crippen LogP contribution in [0.5, 0.6) is 5.75 Å². The Balaban J connectivity index is 2.14. The molecule has 3 heteroatoms. The molecule has 0 aliphatic carbocycles. The number of hydrogen-bond donors (Lipinski definition) is 0. The highest BCUT2D eigenvalue weighted by molar-refractivity contribution is 5.11. The van der Waals surface area contributed by atoms with E-state index >= 15 is 0 Å². The van der Waals surface area contributed by atoms with E-state index in [-0.39, 0.29) is 0 Å². The average molecular weight is 236 g/mol. The van der Waals surface area contributed by atoms with Crippen molar-refractivity contribution in [3.05, 3.63) is 18.2 Å². The zero-order chi connectivity index (χ0) is 12.5. The monoisotopic (exact) mass is 236 g/mol. The third-order valence-electron chi connectivity index (χ3n) is 2.84. The lowest BCUT2D eigenvalue weighted by Crippen LogP contribution is -2.09. The second-order valence-corrected chi connectivity index (χ2v) is 4.73. The first kappa shape index (κ1) is 13.9. The van der Waals surface area contributed by atoms with Crippen molar-refractivity contribution < 1.29 is 4.74 Å². The normalized spacial score (nSPS) is 12.4. The van der Waals surface area contributed by atoms with Crippen LogP contribution in [0.15, 0.2) is 12.4 Å². The van der Waals surface area contributed by atoms with Crippen molar-refractivity contribution in [2.75, 3.05) is 6.61 Å². The molecule has 0 bridgehead atoms. The van der Waals surface area contributed by atoms with E-state index in [1.54, 1.807) is 12.4 Å². The second kappa shape index (κ2) is 8.04. The van der Waals surface area contributed by atoms with Crippen molar-refractivity contribution >= 4 is 0 Å². The molecule has 0 aliphatic heterocycles. The predicted octanol–water partition coefficient (Wildman–Crippen LogP) is 3.77. The minimum Gasteiger partial charge on any atom is -0.490 e. The van der Waals surface area contributed by atoms with Crippen LogP contribution in [0.1, 0.15) is 51.8 Å². The summed E-state index contributed by atoms with van der Waals surface area (Å²) in [5.74, 6) is 2.16. The zero-order valence-corrected chi connectivity index (χ0v) is 11.3. The Labute approximate surface area is 105 Å². The first-order valence-corrected chi connectivity index (χ1v) is 6.63. The molecule has 1 aromatic rings. The first-order chi connectivity index (χ1) is 8.22. The molecule has 0 spiro atoms. The summed E-state index contributed by atoms with van der Waals surface area (Å²) in [6.45, 7) is 7.11. The fourth-order valence-corrected chi connectivity index (χ4v) is 1.70.